The lowest BCUT2D eigenvalue weighted by Gasteiger charge is -2.16. The second kappa shape index (κ2) is 7.79. The van der Waals surface area contributed by atoms with Gasteiger partial charge in [0.15, 0.2) is 0 Å². The van der Waals surface area contributed by atoms with Crippen LogP contribution in [0.2, 0.25) is 0 Å². The molecule has 0 aliphatic carbocycles. The van der Waals surface area contributed by atoms with Gasteiger partial charge in [0.1, 0.15) is 17.5 Å². The number of nitrogens with one attached hydrogen (secondary N) is 2. The third-order valence-corrected chi connectivity index (χ3v) is 4.10. The molecule has 4 heteroatoms. The first-order valence-electron chi connectivity index (χ1n) is 8.57. The van der Waals surface area contributed by atoms with Crippen molar-refractivity contribution in [1.82, 2.24) is 9.97 Å². The Kier molecular flexibility index (Phi) is 5.29. The van der Waals surface area contributed by atoms with Crippen molar-refractivity contribution in [3.05, 3.63) is 83.2 Å². The maximum Gasteiger partial charge on any atom is 0.132 e. The van der Waals surface area contributed by atoms with Gasteiger partial charge in [-0.15, -0.1) is 0 Å². The van der Waals surface area contributed by atoms with Crippen molar-refractivity contribution in [1.29, 1.82) is 0 Å². The van der Waals surface area contributed by atoms with E-state index >= 15 is 0 Å². The summed E-state index contributed by atoms with van der Waals surface area (Å²) in [6.45, 7) is 6.88. The van der Waals surface area contributed by atoms with Crippen molar-refractivity contribution in [3.8, 4) is 0 Å². The molecule has 1 unspecified atom stereocenters. The molecule has 0 bridgehead atoms. The lowest BCUT2D eigenvalue weighted by molar-refractivity contribution is 0.866. The topological polar surface area (TPSA) is 49.8 Å². The van der Waals surface area contributed by atoms with Crippen LogP contribution in [0, 0.1) is 13.8 Å². The molecule has 0 spiro atoms. The summed E-state index contributed by atoms with van der Waals surface area (Å²) < 4.78 is 0. The largest absolute Gasteiger partial charge is 0.366 e. The number of hydrogen-bond donors (Lipinski definition) is 2. The summed E-state index contributed by atoms with van der Waals surface area (Å²) in [5.74, 6) is 2.41. The maximum absolute atomic E-state index is 4.50. The average Bonchev–Trinajstić information content (AvgIpc) is 2.61. The summed E-state index contributed by atoms with van der Waals surface area (Å²) >= 11 is 0. The third-order valence-electron chi connectivity index (χ3n) is 4.10. The molecule has 1 heterocycles. The van der Waals surface area contributed by atoms with Gasteiger partial charge >= 0.3 is 0 Å². The van der Waals surface area contributed by atoms with Crippen molar-refractivity contribution in [3.63, 3.8) is 0 Å². The minimum absolute atomic E-state index is 0.181. The Labute approximate surface area is 149 Å². The van der Waals surface area contributed by atoms with Gasteiger partial charge in [-0.2, -0.15) is 0 Å². The predicted octanol–water partition coefficient (Wildman–Crippen LogP) is 4.88. The second-order valence-electron chi connectivity index (χ2n) is 6.30. The highest BCUT2D eigenvalue weighted by Gasteiger charge is 2.08. The fourth-order valence-electron chi connectivity index (χ4n) is 2.68. The zero-order chi connectivity index (χ0) is 17.6. The van der Waals surface area contributed by atoms with Crippen molar-refractivity contribution in [2.24, 2.45) is 0 Å². The van der Waals surface area contributed by atoms with E-state index in [1.165, 1.54) is 16.7 Å². The minimum Gasteiger partial charge on any atom is -0.366 e. The molecule has 0 radical (unpaired) electrons. The molecule has 0 amide bonds. The van der Waals surface area contributed by atoms with Crippen LogP contribution in [0.25, 0.3) is 0 Å². The number of anilines is 2. The van der Waals surface area contributed by atoms with Crippen LogP contribution in [0.4, 0.5) is 11.6 Å². The van der Waals surface area contributed by atoms with Gasteiger partial charge in [0.25, 0.3) is 0 Å². The van der Waals surface area contributed by atoms with E-state index in [-0.39, 0.29) is 6.04 Å². The SMILES string of the molecule is Cc1ccc(CNc2cc(NC(C)c3ccccc3)nc(C)n2)cc1. The van der Waals surface area contributed by atoms with Crippen LogP contribution < -0.4 is 10.6 Å². The molecule has 0 aliphatic heterocycles. The van der Waals surface area contributed by atoms with Crippen LogP contribution in [0.5, 0.6) is 0 Å². The summed E-state index contributed by atoms with van der Waals surface area (Å²) in [7, 11) is 0. The zero-order valence-corrected chi connectivity index (χ0v) is 15.0. The van der Waals surface area contributed by atoms with E-state index in [4.69, 9.17) is 0 Å². The van der Waals surface area contributed by atoms with Gasteiger partial charge in [-0.3, -0.25) is 0 Å². The fourth-order valence-corrected chi connectivity index (χ4v) is 2.68. The van der Waals surface area contributed by atoms with E-state index in [9.17, 15) is 0 Å². The molecule has 1 atom stereocenters. The Hall–Kier alpha value is -2.88. The Morgan fingerprint density at radius 1 is 0.880 bits per heavy atom. The first-order chi connectivity index (χ1) is 12.1. The first kappa shape index (κ1) is 17.0. The maximum atomic E-state index is 4.50. The molecule has 4 nitrogen and oxygen atoms in total. The monoisotopic (exact) mass is 332 g/mol. The van der Waals surface area contributed by atoms with Gasteiger partial charge in [0.05, 0.1) is 0 Å². The van der Waals surface area contributed by atoms with E-state index in [0.717, 1.165) is 24.0 Å². The molecule has 0 fully saturated rings. The predicted molar refractivity (Wildman–Crippen MR) is 104 cm³/mol. The Balaban J connectivity index is 1.68. The number of aromatic nitrogens is 2. The highest BCUT2D eigenvalue weighted by atomic mass is 15.1. The molecular formula is C21H24N4. The van der Waals surface area contributed by atoms with Crippen molar-refractivity contribution in [2.45, 2.75) is 33.4 Å². The Morgan fingerprint density at radius 2 is 1.56 bits per heavy atom. The average molecular weight is 332 g/mol. The number of hydrogen-bond acceptors (Lipinski definition) is 4. The van der Waals surface area contributed by atoms with E-state index < -0.39 is 0 Å². The second-order valence-corrected chi connectivity index (χ2v) is 6.30. The van der Waals surface area contributed by atoms with Gasteiger partial charge in [-0.05, 0) is 31.9 Å². The van der Waals surface area contributed by atoms with Crippen LogP contribution in [0.1, 0.15) is 35.5 Å². The van der Waals surface area contributed by atoms with Gasteiger partial charge in [-0.25, -0.2) is 9.97 Å². The van der Waals surface area contributed by atoms with Crippen LogP contribution in [-0.2, 0) is 6.54 Å². The Morgan fingerprint density at radius 3 is 2.28 bits per heavy atom. The quantitative estimate of drug-likeness (QED) is 0.675. The number of benzene rings is 2. The summed E-state index contributed by atoms with van der Waals surface area (Å²) in [5, 5.41) is 6.84. The van der Waals surface area contributed by atoms with Crippen molar-refractivity contribution >= 4 is 11.6 Å². The van der Waals surface area contributed by atoms with Gasteiger partial charge in [-0.1, -0.05) is 60.2 Å². The molecular weight excluding hydrogens is 308 g/mol. The van der Waals surface area contributed by atoms with E-state index in [1.54, 1.807) is 0 Å². The third kappa shape index (κ3) is 4.80. The molecule has 2 N–H and O–H groups in total. The lowest BCUT2D eigenvalue weighted by Crippen LogP contribution is -2.10. The summed E-state index contributed by atoms with van der Waals surface area (Å²) in [6, 6.07) is 21.0. The number of rotatable bonds is 6. The van der Waals surface area contributed by atoms with Gasteiger partial charge in [0, 0.05) is 18.7 Å². The van der Waals surface area contributed by atoms with Gasteiger partial charge in [0.2, 0.25) is 0 Å². The molecule has 0 aliphatic rings. The molecule has 3 aromatic rings. The summed E-state index contributed by atoms with van der Waals surface area (Å²) in [6.07, 6.45) is 0. The van der Waals surface area contributed by atoms with Crippen LogP contribution in [0.3, 0.4) is 0 Å². The summed E-state index contributed by atoms with van der Waals surface area (Å²) in [5.41, 5.74) is 3.73. The smallest absolute Gasteiger partial charge is 0.132 e. The van der Waals surface area contributed by atoms with Crippen molar-refractivity contribution in [2.75, 3.05) is 10.6 Å². The molecule has 1 aromatic heterocycles. The number of aryl methyl sites for hydroxylation is 2. The van der Waals surface area contributed by atoms with Crippen LogP contribution >= 0.6 is 0 Å². The number of nitrogens with zero attached hydrogens (tertiary/aromatic N) is 2. The summed E-state index contributed by atoms with van der Waals surface area (Å²) in [4.78, 5) is 8.99. The van der Waals surface area contributed by atoms with Gasteiger partial charge < -0.3 is 10.6 Å². The zero-order valence-electron chi connectivity index (χ0n) is 15.0. The minimum atomic E-state index is 0.181. The molecule has 0 saturated carbocycles. The molecule has 128 valence electrons. The Bertz CT molecular complexity index is 813. The standard InChI is InChI=1S/C21H24N4/c1-15-9-11-18(12-10-15)14-22-20-13-21(25-17(3)24-20)23-16(2)19-7-5-4-6-8-19/h4-13,16H,14H2,1-3H3,(H2,22,23,24,25). The normalized spacial score (nSPS) is 11.8. The molecule has 25 heavy (non-hydrogen) atoms. The van der Waals surface area contributed by atoms with Crippen LogP contribution in [-0.4, -0.2) is 9.97 Å². The fraction of sp³-hybridized carbons (Fsp3) is 0.238. The molecule has 3 rings (SSSR count). The highest BCUT2D eigenvalue weighted by Crippen LogP contribution is 2.20. The van der Waals surface area contributed by atoms with E-state index in [0.29, 0.717) is 0 Å². The highest BCUT2D eigenvalue weighted by molar-refractivity contribution is 5.49. The first-order valence-corrected chi connectivity index (χ1v) is 8.57. The molecule has 2 aromatic carbocycles. The van der Waals surface area contributed by atoms with Crippen molar-refractivity contribution < 1.29 is 0 Å². The van der Waals surface area contributed by atoms with Crippen LogP contribution in [0.15, 0.2) is 60.7 Å². The lowest BCUT2D eigenvalue weighted by atomic mass is 10.1. The van der Waals surface area contributed by atoms with E-state index in [2.05, 4.69) is 70.8 Å². The molecule has 0 saturated heterocycles. The van der Waals surface area contributed by atoms with E-state index in [1.807, 2.05) is 31.2 Å².